The molecule has 0 aliphatic carbocycles. The third-order valence-electron chi connectivity index (χ3n) is 1.78. The van der Waals surface area contributed by atoms with E-state index in [1.54, 1.807) is 0 Å². The maximum Gasteiger partial charge on any atom is 0.0144 e. The van der Waals surface area contributed by atoms with Crippen LogP contribution in [0.5, 0.6) is 0 Å². The lowest BCUT2D eigenvalue weighted by Gasteiger charge is -1.97. The molecule has 0 nitrogen and oxygen atoms in total. The van der Waals surface area contributed by atoms with Gasteiger partial charge in [0.15, 0.2) is 0 Å². The van der Waals surface area contributed by atoms with E-state index in [1.165, 1.54) is 25.7 Å². The zero-order valence-corrected chi connectivity index (χ0v) is 8.74. The highest BCUT2D eigenvalue weighted by Crippen LogP contribution is 2.14. The summed E-state index contributed by atoms with van der Waals surface area (Å²) in [5.41, 5.74) is 0. The van der Waals surface area contributed by atoms with Gasteiger partial charge in [0, 0.05) is 5.03 Å². The first-order valence-electron chi connectivity index (χ1n) is 4.76. The van der Waals surface area contributed by atoms with E-state index in [0.717, 1.165) is 17.9 Å². The van der Waals surface area contributed by atoms with Gasteiger partial charge in [-0.2, -0.15) is 0 Å². The molecule has 0 rings (SSSR count). The van der Waals surface area contributed by atoms with Gasteiger partial charge in [0.05, 0.1) is 0 Å². The van der Waals surface area contributed by atoms with Gasteiger partial charge in [-0.1, -0.05) is 49.9 Å². The second-order valence-electron chi connectivity index (χ2n) is 2.99. The van der Waals surface area contributed by atoms with E-state index in [9.17, 15) is 0 Å². The predicted octanol–water partition coefficient (Wildman–Crippen LogP) is 4.66. The third-order valence-corrected chi connectivity index (χ3v) is 2.12. The SMILES string of the molecule is C=CC/C=C(\Cl)CCCCCC. The van der Waals surface area contributed by atoms with E-state index < -0.39 is 0 Å². The first kappa shape index (κ1) is 11.8. The van der Waals surface area contributed by atoms with Crippen molar-refractivity contribution in [3.05, 3.63) is 23.8 Å². The highest BCUT2D eigenvalue weighted by atomic mass is 35.5. The summed E-state index contributed by atoms with van der Waals surface area (Å²) < 4.78 is 0. The molecule has 0 bridgehead atoms. The van der Waals surface area contributed by atoms with Crippen molar-refractivity contribution in [2.45, 2.75) is 45.4 Å². The fraction of sp³-hybridized carbons (Fsp3) is 0.636. The number of rotatable bonds is 7. The number of halogens is 1. The molecule has 0 aliphatic heterocycles. The molecule has 12 heavy (non-hydrogen) atoms. The predicted molar refractivity (Wildman–Crippen MR) is 57.5 cm³/mol. The lowest BCUT2D eigenvalue weighted by molar-refractivity contribution is 0.671. The van der Waals surface area contributed by atoms with E-state index in [2.05, 4.69) is 13.5 Å². The standard InChI is InChI=1S/C11H19Cl/c1-3-5-7-8-10-11(12)9-6-4-2/h4,9H,2-3,5-8,10H2,1H3/b11-9-. The van der Waals surface area contributed by atoms with Crippen molar-refractivity contribution in [3.63, 3.8) is 0 Å². The van der Waals surface area contributed by atoms with Gasteiger partial charge >= 0.3 is 0 Å². The van der Waals surface area contributed by atoms with Gasteiger partial charge in [0.1, 0.15) is 0 Å². The fourth-order valence-corrected chi connectivity index (χ4v) is 1.26. The third kappa shape index (κ3) is 7.87. The van der Waals surface area contributed by atoms with Crippen molar-refractivity contribution in [2.75, 3.05) is 0 Å². The van der Waals surface area contributed by atoms with Crippen LogP contribution in [0.4, 0.5) is 0 Å². The molecule has 0 aliphatic rings. The van der Waals surface area contributed by atoms with E-state index in [4.69, 9.17) is 11.6 Å². The molecule has 0 heterocycles. The minimum absolute atomic E-state index is 0.895. The topological polar surface area (TPSA) is 0 Å². The second kappa shape index (κ2) is 8.86. The molecule has 0 N–H and O–H groups in total. The van der Waals surface area contributed by atoms with Gasteiger partial charge in [-0.15, -0.1) is 6.58 Å². The Morgan fingerprint density at radius 1 is 1.33 bits per heavy atom. The molecule has 0 saturated heterocycles. The van der Waals surface area contributed by atoms with Gasteiger partial charge in [-0.05, 0) is 19.3 Å². The van der Waals surface area contributed by atoms with Crippen LogP contribution in [0, 0.1) is 0 Å². The van der Waals surface area contributed by atoms with Crippen LogP contribution in [0.15, 0.2) is 23.8 Å². The normalized spacial score (nSPS) is 11.7. The summed E-state index contributed by atoms with van der Waals surface area (Å²) in [5.74, 6) is 0. The summed E-state index contributed by atoms with van der Waals surface area (Å²) in [7, 11) is 0. The summed E-state index contributed by atoms with van der Waals surface area (Å²) in [6, 6.07) is 0. The van der Waals surface area contributed by atoms with Crippen molar-refractivity contribution < 1.29 is 0 Å². The average molecular weight is 187 g/mol. The van der Waals surface area contributed by atoms with Crippen molar-refractivity contribution >= 4 is 11.6 Å². The van der Waals surface area contributed by atoms with Gasteiger partial charge in [0.2, 0.25) is 0 Å². The van der Waals surface area contributed by atoms with Crippen LogP contribution < -0.4 is 0 Å². The molecule has 0 unspecified atom stereocenters. The molecule has 0 aromatic carbocycles. The van der Waals surface area contributed by atoms with Gasteiger partial charge in [-0.3, -0.25) is 0 Å². The van der Waals surface area contributed by atoms with E-state index >= 15 is 0 Å². The molecule has 70 valence electrons. The van der Waals surface area contributed by atoms with Crippen LogP contribution in [-0.2, 0) is 0 Å². The second-order valence-corrected chi connectivity index (χ2v) is 3.47. The Morgan fingerprint density at radius 2 is 2.08 bits per heavy atom. The highest BCUT2D eigenvalue weighted by Gasteiger charge is 1.91. The minimum atomic E-state index is 0.895. The van der Waals surface area contributed by atoms with Crippen molar-refractivity contribution in [2.24, 2.45) is 0 Å². The van der Waals surface area contributed by atoms with E-state index in [-0.39, 0.29) is 0 Å². The molecule has 0 saturated carbocycles. The molecule has 0 spiro atoms. The molecule has 0 aromatic heterocycles. The lowest BCUT2D eigenvalue weighted by Crippen LogP contribution is -1.77. The number of hydrogen-bond acceptors (Lipinski definition) is 0. The molecular weight excluding hydrogens is 168 g/mol. The van der Waals surface area contributed by atoms with E-state index in [1.807, 2.05) is 12.2 Å². The monoisotopic (exact) mass is 186 g/mol. The summed E-state index contributed by atoms with van der Waals surface area (Å²) in [6.07, 6.45) is 11.0. The van der Waals surface area contributed by atoms with Crippen LogP contribution in [0.25, 0.3) is 0 Å². The molecule has 0 amide bonds. The molecule has 0 aromatic rings. The van der Waals surface area contributed by atoms with Gasteiger partial charge in [0.25, 0.3) is 0 Å². The maximum atomic E-state index is 5.95. The fourth-order valence-electron chi connectivity index (χ4n) is 1.03. The Morgan fingerprint density at radius 3 is 2.67 bits per heavy atom. The van der Waals surface area contributed by atoms with Gasteiger partial charge < -0.3 is 0 Å². The lowest BCUT2D eigenvalue weighted by atomic mass is 10.1. The van der Waals surface area contributed by atoms with Crippen LogP contribution in [0.1, 0.15) is 45.4 Å². The number of allylic oxidation sites excluding steroid dienone is 3. The number of unbranched alkanes of at least 4 members (excludes halogenated alkanes) is 3. The summed E-state index contributed by atoms with van der Waals surface area (Å²) >= 11 is 5.95. The molecule has 0 radical (unpaired) electrons. The Bertz CT molecular complexity index is 136. The average Bonchev–Trinajstić information content (AvgIpc) is 2.09. The summed E-state index contributed by atoms with van der Waals surface area (Å²) in [4.78, 5) is 0. The molecule has 1 heteroatoms. The minimum Gasteiger partial charge on any atom is -0.103 e. The van der Waals surface area contributed by atoms with Crippen molar-refractivity contribution in [1.82, 2.24) is 0 Å². The Kier molecular flexibility index (Phi) is 8.69. The molecular formula is C11H19Cl. The Labute approximate surface area is 81.3 Å². The van der Waals surface area contributed by atoms with Crippen LogP contribution in [0.3, 0.4) is 0 Å². The van der Waals surface area contributed by atoms with Gasteiger partial charge in [-0.25, -0.2) is 0 Å². The maximum absolute atomic E-state index is 5.95. The summed E-state index contributed by atoms with van der Waals surface area (Å²) in [6.45, 7) is 5.86. The molecule has 0 atom stereocenters. The van der Waals surface area contributed by atoms with Crippen LogP contribution in [-0.4, -0.2) is 0 Å². The highest BCUT2D eigenvalue weighted by molar-refractivity contribution is 6.29. The van der Waals surface area contributed by atoms with Crippen LogP contribution in [0.2, 0.25) is 0 Å². The zero-order valence-electron chi connectivity index (χ0n) is 7.98. The largest absolute Gasteiger partial charge is 0.103 e. The smallest absolute Gasteiger partial charge is 0.0144 e. The first-order valence-corrected chi connectivity index (χ1v) is 5.14. The Hall–Kier alpha value is -0.230. The zero-order chi connectivity index (χ0) is 9.23. The molecule has 0 fully saturated rings. The quantitative estimate of drug-likeness (QED) is 0.401. The van der Waals surface area contributed by atoms with E-state index in [0.29, 0.717) is 0 Å². The van der Waals surface area contributed by atoms with Crippen molar-refractivity contribution in [1.29, 1.82) is 0 Å². The number of hydrogen-bond donors (Lipinski definition) is 0. The Balaban J connectivity index is 3.29. The first-order chi connectivity index (χ1) is 5.81. The van der Waals surface area contributed by atoms with Crippen molar-refractivity contribution in [3.8, 4) is 0 Å². The summed E-state index contributed by atoms with van der Waals surface area (Å²) in [5, 5.41) is 0.992. The van der Waals surface area contributed by atoms with Crippen LogP contribution >= 0.6 is 11.6 Å².